The summed E-state index contributed by atoms with van der Waals surface area (Å²) in [4.78, 5) is 15.7. The van der Waals surface area contributed by atoms with E-state index in [-0.39, 0.29) is 6.54 Å². The van der Waals surface area contributed by atoms with Gasteiger partial charge in [0.05, 0.1) is 5.02 Å². The van der Waals surface area contributed by atoms with Gasteiger partial charge in [0, 0.05) is 19.3 Å². The summed E-state index contributed by atoms with van der Waals surface area (Å²) in [6.45, 7) is 0.484. The zero-order valence-corrected chi connectivity index (χ0v) is 11.6. The first-order valence-electron chi connectivity index (χ1n) is 6.16. The molecular weight excluding hydrogens is 300 g/mol. The van der Waals surface area contributed by atoms with Crippen molar-refractivity contribution in [2.24, 2.45) is 0 Å². The van der Waals surface area contributed by atoms with Crippen molar-refractivity contribution in [3.8, 4) is 0 Å². The van der Waals surface area contributed by atoms with Gasteiger partial charge in [0.25, 0.3) is 5.91 Å². The summed E-state index contributed by atoms with van der Waals surface area (Å²) in [5.74, 6) is -2.12. The molecule has 1 aromatic heterocycles. The zero-order chi connectivity index (χ0) is 15.2. The van der Waals surface area contributed by atoms with Gasteiger partial charge in [0.1, 0.15) is 23.0 Å². The molecule has 0 aliphatic rings. The van der Waals surface area contributed by atoms with Crippen LogP contribution in [0.25, 0.3) is 0 Å². The molecule has 2 N–H and O–H groups in total. The lowest BCUT2D eigenvalue weighted by Gasteiger charge is -2.09. The molecule has 0 aliphatic heterocycles. The van der Waals surface area contributed by atoms with Crippen LogP contribution in [-0.2, 0) is 0 Å². The molecule has 0 radical (unpaired) electrons. The van der Waals surface area contributed by atoms with E-state index in [2.05, 4.69) is 15.6 Å². The number of rotatable bonds is 5. The normalized spacial score (nSPS) is 10.2. The van der Waals surface area contributed by atoms with Gasteiger partial charge in [-0.1, -0.05) is 17.7 Å². The minimum Gasteiger partial charge on any atom is -0.367 e. The van der Waals surface area contributed by atoms with Crippen molar-refractivity contribution in [1.82, 2.24) is 10.3 Å². The summed E-state index contributed by atoms with van der Waals surface area (Å²) in [5.41, 5.74) is -0.589. The second-order valence-electron chi connectivity index (χ2n) is 4.11. The summed E-state index contributed by atoms with van der Waals surface area (Å²) in [5, 5.41) is 5.77. The van der Waals surface area contributed by atoms with Gasteiger partial charge in [-0.05, 0) is 24.3 Å². The summed E-state index contributed by atoms with van der Waals surface area (Å²) < 4.78 is 26.8. The number of carbonyl (C=O) groups is 1. The van der Waals surface area contributed by atoms with Gasteiger partial charge in [-0.25, -0.2) is 13.8 Å². The highest BCUT2D eigenvalue weighted by Crippen LogP contribution is 2.16. The molecule has 0 saturated carbocycles. The Bertz CT molecular complexity index is 632. The molecule has 1 heterocycles. The second-order valence-corrected chi connectivity index (χ2v) is 4.52. The highest BCUT2D eigenvalue weighted by atomic mass is 35.5. The molecule has 0 atom stereocenters. The number of aromatic nitrogens is 1. The van der Waals surface area contributed by atoms with Crippen LogP contribution in [0.4, 0.5) is 14.6 Å². The minimum atomic E-state index is -0.895. The van der Waals surface area contributed by atoms with Crippen molar-refractivity contribution in [1.29, 1.82) is 0 Å². The number of amides is 1. The molecule has 1 aromatic carbocycles. The van der Waals surface area contributed by atoms with E-state index < -0.39 is 23.1 Å². The van der Waals surface area contributed by atoms with Crippen molar-refractivity contribution < 1.29 is 13.6 Å². The molecular formula is C14H12ClF2N3O. The Morgan fingerprint density at radius 2 is 1.86 bits per heavy atom. The molecule has 0 unspecified atom stereocenters. The van der Waals surface area contributed by atoms with Gasteiger partial charge in [0.2, 0.25) is 0 Å². The van der Waals surface area contributed by atoms with Crippen molar-refractivity contribution in [3.63, 3.8) is 0 Å². The molecule has 7 heteroatoms. The third-order valence-corrected chi connectivity index (χ3v) is 2.96. The molecule has 2 rings (SSSR count). The molecule has 1 amide bonds. The Balaban J connectivity index is 1.87. The number of hydrogen-bond acceptors (Lipinski definition) is 3. The van der Waals surface area contributed by atoms with E-state index >= 15 is 0 Å². The number of halogens is 3. The lowest BCUT2D eigenvalue weighted by Crippen LogP contribution is -2.30. The number of hydrogen-bond donors (Lipinski definition) is 2. The van der Waals surface area contributed by atoms with Crippen LogP contribution in [0.3, 0.4) is 0 Å². The van der Waals surface area contributed by atoms with E-state index in [1.165, 1.54) is 6.07 Å². The fourth-order valence-corrected chi connectivity index (χ4v) is 1.86. The molecule has 0 saturated heterocycles. The Kier molecular flexibility index (Phi) is 5.05. The third-order valence-electron chi connectivity index (χ3n) is 2.65. The molecule has 0 aliphatic carbocycles. The lowest BCUT2D eigenvalue weighted by atomic mass is 10.2. The van der Waals surface area contributed by atoms with Crippen molar-refractivity contribution in [2.45, 2.75) is 0 Å². The molecule has 2 aromatic rings. The number of nitrogens with zero attached hydrogens (tertiary/aromatic N) is 1. The molecule has 110 valence electrons. The van der Waals surface area contributed by atoms with Crippen LogP contribution in [0.5, 0.6) is 0 Å². The van der Waals surface area contributed by atoms with Crippen molar-refractivity contribution in [2.75, 3.05) is 18.4 Å². The van der Waals surface area contributed by atoms with Gasteiger partial charge in [-0.3, -0.25) is 4.79 Å². The number of carbonyl (C=O) groups excluding carboxylic acids is 1. The minimum absolute atomic E-state index is 0.166. The van der Waals surface area contributed by atoms with Gasteiger partial charge >= 0.3 is 0 Å². The largest absolute Gasteiger partial charge is 0.367 e. The molecule has 0 fully saturated rings. The topological polar surface area (TPSA) is 54.0 Å². The molecule has 21 heavy (non-hydrogen) atoms. The van der Waals surface area contributed by atoms with E-state index in [0.717, 1.165) is 12.1 Å². The van der Waals surface area contributed by atoms with Crippen LogP contribution in [0.2, 0.25) is 5.02 Å². The average molecular weight is 312 g/mol. The van der Waals surface area contributed by atoms with Gasteiger partial charge < -0.3 is 10.6 Å². The predicted molar refractivity (Wildman–Crippen MR) is 76.4 cm³/mol. The smallest absolute Gasteiger partial charge is 0.257 e. The highest BCUT2D eigenvalue weighted by Gasteiger charge is 2.16. The summed E-state index contributed by atoms with van der Waals surface area (Å²) >= 11 is 5.89. The molecule has 4 nitrogen and oxygen atoms in total. The summed E-state index contributed by atoms with van der Waals surface area (Å²) in [7, 11) is 0. The lowest BCUT2D eigenvalue weighted by molar-refractivity contribution is 0.0947. The second kappa shape index (κ2) is 6.99. The van der Waals surface area contributed by atoms with Gasteiger partial charge in [0.15, 0.2) is 0 Å². The molecule has 0 bridgehead atoms. The molecule has 0 spiro atoms. The maximum absolute atomic E-state index is 13.4. The quantitative estimate of drug-likeness (QED) is 0.835. The van der Waals surface area contributed by atoms with Crippen LogP contribution in [-0.4, -0.2) is 24.0 Å². The highest BCUT2D eigenvalue weighted by molar-refractivity contribution is 6.32. The maximum atomic E-state index is 13.4. The van der Waals surface area contributed by atoms with Crippen LogP contribution in [0.1, 0.15) is 10.4 Å². The van der Waals surface area contributed by atoms with Crippen molar-refractivity contribution in [3.05, 3.63) is 58.7 Å². The monoisotopic (exact) mass is 311 g/mol. The van der Waals surface area contributed by atoms with Gasteiger partial charge in [-0.2, -0.15) is 0 Å². The fourth-order valence-electron chi connectivity index (χ4n) is 1.68. The number of nitrogens with one attached hydrogen (secondary N) is 2. The van der Waals surface area contributed by atoms with Crippen molar-refractivity contribution >= 4 is 23.3 Å². The fraction of sp³-hybridized carbons (Fsp3) is 0.143. The Morgan fingerprint density at radius 1 is 1.14 bits per heavy atom. The number of anilines is 1. The maximum Gasteiger partial charge on any atom is 0.257 e. The standard InChI is InChI=1S/C14H12ClF2N3O/c15-9-3-2-6-18-13(9)19-7-8-20-14(21)12-10(16)4-1-5-11(12)17/h1-6H,7-8H2,(H,18,19)(H,20,21). The van der Waals surface area contributed by atoms with Crippen LogP contribution in [0.15, 0.2) is 36.5 Å². The predicted octanol–water partition coefficient (Wildman–Crippen LogP) is 2.86. The zero-order valence-electron chi connectivity index (χ0n) is 10.9. The number of benzene rings is 1. The first-order valence-corrected chi connectivity index (χ1v) is 6.54. The Labute approximate surface area is 125 Å². The average Bonchev–Trinajstić information content (AvgIpc) is 2.45. The number of pyridine rings is 1. The summed E-state index contributed by atoms with van der Waals surface area (Å²) in [6.07, 6.45) is 1.57. The summed E-state index contributed by atoms with van der Waals surface area (Å²) in [6, 6.07) is 6.63. The SMILES string of the molecule is O=C(NCCNc1ncccc1Cl)c1c(F)cccc1F. The van der Waals surface area contributed by atoms with Crippen LogP contribution < -0.4 is 10.6 Å². The third kappa shape index (κ3) is 3.88. The van der Waals surface area contributed by atoms with E-state index in [1.807, 2.05) is 0 Å². The Hall–Kier alpha value is -2.21. The van der Waals surface area contributed by atoms with E-state index in [9.17, 15) is 13.6 Å². The van der Waals surface area contributed by atoms with Crippen LogP contribution in [0, 0.1) is 11.6 Å². The van der Waals surface area contributed by atoms with E-state index in [4.69, 9.17) is 11.6 Å². The van der Waals surface area contributed by atoms with Gasteiger partial charge in [-0.15, -0.1) is 0 Å². The van der Waals surface area contributed by atoms with Crippen LogP contribution >= 0.6 is 11.6 Å². The first kappa shape index (κ1) is 15.2. The van der Waals surface area contributed by atoms with E-state index in [0.29, 0.717) is 17.4 Å². The van der Waals surface area contributed by atoms with E-state index in [1.54, 1.807) is 18.3 Å². The first-order chi connectivity index (χ1) is 10.1. The Morgan fingerprint density at radius 3 is 2.52 bits per heavy atom.